The van der Waals surface area contributed by atoms with Gasteiger partial charge in [-0.15, -0.1) is 0 Å². The van der Waals surface area contributed by atoms with E-state index in [1.54, 1.807) is 0 Å². The van der Waals surface area contributed by atoms with Gasteiger partial charge in [-0.25, -0.2) is 0 Å². The number of fused-ring (bicyclic) bond motifs is 3. The Labute approximate surface area is 94.7 Å². The quantitative estimate of drug-likeness (QED) is 0.751. The van der Waals surface area contributed by atoms with Gasteiger partial charge >= 0.3 is 11.9 Å². The molecule has 0 spiro atoms. The van der Waals surface area contributed by atoms with Crippen molar-refractivity contribution in [3.05, 3.63) is 0 Å². The van der Waals surface area contributed by atoms with Gasteiger partial charge in [-0.05, 0) is 36.5 Å². The molecular weight excluding hydrogens is 208 g/mol. The number of carboxylic acid groups (broad SMARTS) is 2. The van der Waals surface area contributed by atoms with Crippen LogP contribution in [0.25, 0.3) is 0 Å². The summed E-state index contributed by atoms with van der Waals surface area (Å²) in [7, 11) is 0. The fourth-order valence-corrected chi connectivity index (χ4v) is 3.91. The van der Waals surface area contributed by atoms with E-state index in [1.165, 1.54) is 0 Å². The molecule has 0 aromatic carbocycles. The Kier molecular flexibility index (Phi) is 2.68. The molecule has 3 aliphatic rings. The second kappa shape index (κ2) is 3.75. The van der Waals surface area contributed by atoms with E-state index in [0.717, 1.165) is 12.8 Å². The average Bonchev–Trinajstić information content (AvgIpc) is 2.23. The second-order valence-corrected chi connectivity index (χ2v) is 5.35. The second-order valence-electron chi connectivity index (χ2n) is 5.35. The number of rotatable bonds is 2. The van der Waals surface area contributed by atoms with Crippen molar-refractivity contribution in [1.29, 1.82) is 0 Å². The smallest absolute Gasteiger partial charge is 0.307 e. The van der Waals surface area contributed by atoms with Gasteiger partial charge < -0.3 is 10.2 Å². The summed E-state index contributed by atoms with van der Waals surface area (Å²) in [6, 6.07) is 0. The van der Waals surface area contributed by atoms with E-state index in [2.05, 4.69) is 13.8 Å². The molecule has 16 heavy (non-hydrogen) atoms. The van der Waals surface area contributed by atoms with Crippen LogP contribution >= 0.6 is 0 Å². The van der Waals surface area contributed by atoms with Crippen molar-refractivity contribution < 1.29 is 19.8 Å². The first kappa shape index (κ1) is 11.4. The summed E-state index contributed by atoms with van der Waals surface area (Å²) in [5, 5.41) is 18.4. The van der Waals surface area contributed by atoms with E-state index >= 15 is 0 Å². The van der Waals surface area contributed by atoms with E-state index in [-0.39, 0.29) is 11.8 Å². The van der Waals surface area contributed by atoms with Crippen LogP contribution in [0.4, 0.5) is 0 Å². The van der Waals surface area contributed by atoms with Crippen LogP contribution in [-0.4, -0.2) is 22.2 Å². The number of hydrogen-bond donors (Lipinski definition) is 2. The molecule has 0 aromatic rings. The molecule has 0 aliphatic heterocycles. The summed E-state index contributed by atoms with van der Waals surface area (Å²) in [6.07, 6.45) is 1.74. The molecule has 0 amide bonds. The van der Waals surface area contributed by atoms with Gasteiger partial charge in [0.25, 0.3) is 0 Å². The topological polar surface area (TPSA) is 74.6 Å². The largest absolute Gasteiger partial charge is 0.481 e. The SMILES string of the molecule is CC1C(C)C2CCC1C(C(=O)O)C2C(=O)O. The summed E-state index contributed by atoms with van der Waals surface area (Å²) in [5.41, 5.74) is 0. The highest BCUT2D eigenvalue weighted by molar-refractivity contribution is 5.81. The maximum Gasteiger partial charge on any atom is 0.307 e. The predicted molar refractivity (Wildman–Crippen MR) is 56.8 cm³/mol. The standard InChI is InChI=1S/C12H18O4/c1-5-6(2)8-4-3-7(5)9(11(13)14)10(8)12(15)16/h5-10H,3-4H2,1-2H3,(H,13,14)(H,15,16). The van der Waals surface area contributed by atoms with E-state index in [1.807, 2.05) is 0 Å². The Hall–Kier alpha value is -1.06. The Morgan fingerprint density at radius 1 is 0.875 bits per heavy atom. The lowest BCUT2D eigenvalue weighted by Gasteiger charge is -2.52. The number of carbonyl (C=O) groups is 2. The lowest BCUT2D eigenvalue weighted by Crippen LogP contribution is -2.54. The third-order valence-electron chi connectivity index (χ3n) is 4.89. The van der Waals surface area contributed by atoms with Gasteiger partial charge in [0.1, 0.15) is 0 Å². The lowest BCUT2D eigenvalue weighted by molar-refractivity contribution is -0.173. The first-order valence-corrected chi connectivity index (χ1v) is 5.90. The van der Waals surface area contributed by atoms with Crippen molar-refractivity contribution in [2.75, 3.05) is 0 Å². The summed E-state index contributed by atoms with van der Waals surface area (Å²) in [6.45, 7) is 4.13. The normalized spacial score (nSPS) is 46.6. The molecule has 4 nitrogen and oxygen atoms in total. The number of carboxylic acids is 2. The van der Waals surface area contributed by atoms with Crippen LogP contribution in [0, 0.1) is 35.5 Å². The zero-order valence-corrected chi connectivity index (χ0v) is 9.59. The van der Waals surface area contributed by atoms with E-state index in [0.29, 0.717) is 11.8 Å². The maximum atomic E-state index is 11.2. The van der Waals surface area contributed by atoms with Crippen LogP contribution in [0.2, 0.25) is 0 Å². The van der Waals surface area contributed by atoms with Crippen LogP contribution in [0.15, 0.2) is 0 Å². The molecule has 3 saturated carbocycles. The average molecular weight is 226 g/mol. The van der Waals surface area contributed by atoms with Crippen molar-refractivity contribution in [3.8, 4) is 0 Å². The van der Waals surface area contributed by atoms with Crippen molar-refractivity contribution >= 4 is 11.9 Å². The fourth-order valence-electron chi connectivity index (χ4n) is 3.91. The fraction of sp³-hybridized carbons (Fsp3) is 0.833. The number of hydrogen-bond acceptors (Lipinski definition) is 2. The van der Waals surface area contributed by atoms with Gasteiger partial charge in [0.2, 0.25) is 0 Å². The minimum Gasteiger partial charge on any atom is -0.481 e. The van der Waals surface area contributed by atoms with Gasteiger partial charge in [0.05, 0.1) is 11.8 Å². The Morgan fingerprint density at radius 2 is 1.19 bits per heavy atom. The summed E-state index contributed by atoms with van der Waals surface area (Å²) < 4.78 is 0. The highest BCUT2D eigenvalue weighted by Crippen LogP contribution is 2.54. The zero-order chi connectivity index (χ0) is 12.0. The van der Waals surface area contributed by atoms with E-state index in [9.17, 15) is 19.8 Å². The van der Waals surface area contributed by atoms with E-state index in [4.69, 9.17) is 0 Å². The monoisotopic (exact) mass is 226 g/mol. The van der Waals surface area contributed by atoms with Crippen LogP contribution in [0.5, 0.6) is 0 Å². The summed E-state index contributed by atoms with van der Waals surface area (Å²) in [4.78, 5) is 22.5. The van der Waals surface area contributed by atoms with Crippen molar-refractivity contribution in [1.82, 2.24) is 0 Å². The van der Waals surface area contributed by atoms with Gasteiger partial charge in [0.15, 0.2) is 0 Å². The predicted octanol–water partition coefficient (Wildman–Crippen LogP) is 1.70. The van der Waals surface area contributed by atoms with Crippen molar-refractivity contribution in [2.24, 2.45) is 35.5 Å². The molecule has 0 radical (unpaired) electrons. The minimum atomic E-state index is -0.930. The molecule has 3 aliphatic carbocycles. The van der Waals surface area contributed by atoms with Gasteiger partial charge in [0, 0.05) is 0 Å². The van der Waals surface area contributed by atoms with Gasteiger partial charge in [-0.2, -0.15) is 0 Å². The van der Waals surface area contributed by atoms with Crippen LogP contribution in [0.1, 0.15) is 26.7 Å². The summed E-state index contributed by atoms with van der Waals surface area (Å²) >= 11 is 0. The molecule has 3 fully saturated rings. The third kappa shape index (κ3) is 1.43. The Balaban J connectivity index is 2.37. The highest BCUT2D eigenvalue weighted by atomic mass is 16.4. The molecule has 4 heteroatoms. The van der Waals surface area contributed by atoms with Crippen LogP contribution in [-0.2, 0) is 9.59 Å². The van der Waals surface area contributed by atoms with Crippen molar-refractivity contribution in [2.45, 2.75) is 26.7 Å². The molecular formula is C12H18O4. The molecule has 3 rings (SSSR count). The first-order chi connectivity index (χ1) is 7.45. The van der Waals surface area contributed by atoms with Crippen molar-refractivity contribution in [3.63, 3.8) is 0 Å². The Morgan fingerprint density at radius 3 is 1.44 bits per heavy atom. The molecule has 0 aromatic heterocycles. The molecule has 0 heterocycles. The minimum absolute atomic E-state index is 0.0404. The summed E-state index contributed by atoms with van der Waals surface area (Å²) in [5.74, 6) is -2.48. The molecule has 2 N–H and O–H groups in total. The Bertz CT molecular complexity index is 293. The van der Waals surface area contributed by atoms with Crippen LogP contribution < -0.4 is 0 Å². The maximum absolute atomic E-state index is 11.2. The lowest BCUT2D eigenvalue weighted by atomic mass is 9.51. The molecule has 6 atom stereocenters. The molecule has 0 saturated heterocycles. The van der Waals surface area contributed by atoms with E-state index < -0.39 is 23.8 Å². The first-order valence-electron chi connectivity index (χ1n) is 5.90. The van der Waals surface area contributed by atoms with Gasteiger partial charge in [-0.1, -0.05) is 13.8 Å². The third-order valence-corrected chi connectivity index (χ3v) is 4.89. The molecule has 6 unspecified atom stereocenters. The van der Waals surface area contributed by atoms with Crippen LogP contribution in [0.3, 0.4) is 0 Å². The molecule has 90 valence electrons. The molecule has 2 bridgehead atoms. The van der Waals surface area contributed by atoms with Gasteiger partial charge in [-0.3, -0.25) is 9.59 Å². The number of aliphatic carboxylic acids is 2. The highest BCUT2D eigenvalue weighted by Gasteiger charge is 2.56. The zero-order valence-electron chi connectivity index (χ0n) is 9.59.